The molecule has 70 heavy (non-hydrogen) atoms. The highest BCUT2D eigenvalue weighted by atomic mass is 28.3. The molecular weight excluding hydrogens is 863 g/mol. The lowest BCUT2D eigenvalue weighted by Gasteiger charge is -2.34. The Morgan fingerprint density at radius 2 is 0.600 bits per heavy atom. The van der Waals surface area contributed by atoms with E-state index < -0.39 is 8.07 Å². The summed E-state index contributed by atoms with van der Waals surface area (Å²) in [5.41, 5.74) is 13.0. The molecule has 0 aliphatic carbocycles. The van der Waals surface area contributed by atoms with Crippen molar-refractivity contribution in [3.05, 3.63) is 273 Å². The van der Waals surface area contributed by atoms with Crippen LogP contribution < -0.4 is 20.7 Å². The van der Waals surface area contributed by atoms with Crippen LogP contribution in [0.2, 0.25) is 0 Å². The highest BCUT2D eigenvalue weighted by molar-refractivity contribution is 7.19. The number of rotatable bonds is 8. The minimum atomic E-state index is -2.77. The van der Waals surface area contributed by atoms with E-state index in [1.54, 1.807) is 0 Å². The van der Waals surface area contributed by atoms with Crippen molar-refractivity contribution < 1.29 is 0 Å². The van der Waals surface area contributed by atoms with E-state index >= 15 is 0 Å². The van der Waals surface area contributed by atoms with Crippen molar-refractivity contribution in [3.8, 4) is 28.2 Å². The molecule has 3 nitrogen and oxygen atoms in total. The van der Waals surface area contributed by atoms with Crippen molar-refractivity contribution in [2.75, 3.05) is 0 Å². The summed E-state index contributed by atoms with van der Waals surface area (Å²) in [6.45, 7) is 0. The van der Waals surface area contributed by atoms with Crippen molar-refractivity contribution >= 4 is 94.2 Å². The van der Waals surface area contributed by atoms with Crippen LogP contribution in [0, 0.1) is 0 Å². The first kappa shape index (κ1) is 40.1. The van der Waals surface area contributed by atoms with Gasteiger partial charge in [-0.2, -0.15) is 0 Å². The van der Waals surface area contributed by atoms with E-state index in [4.69, 9.17) is 0 Å². The number of hydrogen-bond acceptors (Lipinski definition) is 0. The molecule has 328 valence electrons. The molecule has 0 saturated heterocycles. The second-order valence-corrected chi connectivity index (χ2v) is 22.2. The molecule has 0 aliphatic heterocycles. The maximum absolute atomic E-state index is 2.77. The molecule has 0 aliphatic rings. The average molecular weight is 908 g/mol. The molecule has 0 spiro atoms. The van der Waals surface area contributed by atoms with E-state index in [9.17, 15) is 0 Å². The maximum atomic E-state index is 2.48. The molecule has 0 fully saturated rings. The molecule has 0 unspecified atom stereocenters. The van der Waals surface area contributed by atoms with E-state index in [1.165, 1.54) is 97.3 Å². The van der Waals surface area contributed by atoms with Crippen molar-refractivity contribution in [3.63, 3.8) is 0 Å². The third-order valence-corrected chi connectivity index (χ3v) is 19.5. The molecule has 0 N–H and O–H groups in total. The van der Waals surface area contributed by atoms with Crippen molar-refractivity contribution in [1.29, 1.82) is 0 Å². The third-order valence-electron chi connectivity index (χ3n) is 14.8. The Kier molecular flexibility index (Phi) is 9.23. The SMILES string of the molecule is c1ccc(-c2cccc3c2c2cc(-n4c5ccccc5c5ccccc54)ccc2n3-c2ccc3c(c2)c2ccccc2n3-c2cccc([Si](c3ccccc3)(c3ccccc3)c3ccccc3)c2)cc1. The second-order valence-electron chi connectivity index (χ2n) is 18.4. The normalized spacial score (nSPS) is 12.0. The van der Waals surface area contributed by atoms with Gasteiger partial charge in [0, 0.05) is 49.4 Å². The zero-order valence-corrected chi connectivity index (χ0v) is 39.3. The summed E-state index contributed by atoms with van der Waals surface area (Å²) in [6.07, 6.45) is 0. The Labute approximate surface area is 407 Å². The van der Waals surface area contributed by atoms with Gasteiger partial charge in [0.1, 0.15) is 0 Å². The van der Waals surface area contributed by atoms with Gasteiger partial charge in [0.2, 0.25) is 0 Å². The Morgan fingerprint density at radius 3 is 1.14 bits per heavy atom. The number of aromatic nitrogens is 3. The van der Waals surface area contributed by atoms with E-state index in [0.717, 1.165) is 17.1 Å². The Balaban J connectivity index is 0.997. The van der Waals surface area contributed by atoms with Crippen LogP contribution in [0.25, 0.3) is 93.6 Å². The van der Waals surface area contributed by atoms with E-state index in [0.29, 0.717) is 0 Å². The van der Waals surface area contributed by atoms with Crippen LogP contribution in [0.15, 0.2) is 273 Å². The van der Waals surface area contributed by atoms with Crippen LogP contribution in [0.3, 0.4) is 0 Å². The standard InChI is InChI=1S/C66H45N3Si/c1-5-21-46(22-6-1)54-34-20-38-65-66(54)59-45-49(68-60-35-16-13-31-55(60)56-32-14-17-36-61(56)68)40-42-64(59)69(65)48-39-41-63-58(44-48)57-33-15-18-37-62(57)67(63)47-23-19-30-53(43-47)70(50-24-7-2-8-25-50,51-26-9-3-10-27-51)52-28-11-4-12-29-52/h1-45H. The molecule has 0 saturated carbocycles. The lowest BCUT2D eigenvalue weighted by molar-refractivity contribution is 1.16. The molecule has 14 aromatic rings. The molecule has 4 heteroatoms. The highest BCUT2D eigenvalue weighted by Crippen LogP contribution is 2.42. The molecule has 0 radical (unpaired) electrons. The average Bonchev–Trinajstić information content (AvgIpc) is 4.08. The number of fused-ring (bicyclic) bond motifs is 9. The topological polar surface area (TPSA) is 14.8 Å². The fourth-order valence-corrected chi connectivity index (χ4v) is 16.6. The summed E-state index contributed by atoms with van der Waals surface area (Å²) >= 11 is 0. The van der Waals surface area contributed by atoms with Gasteiger partial charge in [-0.1, -0.05) is 200 Å². The zero-order valence-electron chi connectivity index (χ0n) is 38.3. The summed E-state index contributed by atoms with van der Waals surface area (Å²) in [5.74, 6) is 0. The third kappa shape index (κ3) is 6.00. The molecule has 0 amide bonds. The van der Waals surface area contributed by atoms with E-state index in [-0.39, 0.29) is 0 Å². The van der Waals surface area contributed by atoms with Crippen LogP contribution in [0.4, 0.5) is 0 Å². The number of benzene rings is 11. The highest BCUT2D eigenvalue weighted by Gasteiger charge is 2.41. The predicted octanol–water partition coefficient (Wildman–Crippen LogP) is 14.0. The molecule has 0 atom stereocenters. The van der Waals surface area contributed by atoms with Crippen LogP contribution in [0.5, 0.6) is 0 Å². The van der Waals surface area contributed by atoms with Crippen molar-refractivity contribution in [1.82, 2.24) is 13.7 Å². The minimum Gasteiger partial charge on any atom is -0.309 e. The smallest absolute Gasteiger partial charge is 0.179 e. The summed E-state index contributed by atoms with van der Waals surface area (Å²) in [6, 6.07) is 101. The van der Waals surface area contributed by atoms with Crippen LogP contribution in [0.1, 0.15) is 0 Å². The first-order valence-electron chi connectivity index (χ1n) is 24.2. The fraction of sp³-hybridized carbons (Fsp3) is 0. The first-order chi connectivity index (χ1) is 34.8. The molecule has 3 aromatic heterocycles. The summed E-state index contributed by atoms with van der Waals surface area (Å²) in [7, 11) is -2.77. The van der Waals surface area contributed by atoms with E-state index in [2.05, 4.69) is 287 Å². The molecule has 0 bridgehead atoms. The van der Waals surface area contributed by atoms with Gasteiger partial charge >= 0.3 is 0 Å². The largest absolute Gasteiger partial charge is 0.309 e. The Morgan fingerprint density at radius 1 is 0.229 bits per heavy atom. The lowest BCUT2D eigenvalue weighted by atomic mass is 9.99. The van der Waals surface area contributed by atoms with Crippen LogP contribution >= 0.6 is 0 Å². The predicted molar refractivity (Wildman–Crippen MR) is 299 cm³/mol. The van der Waals surface area contributed by atoms with Crippen LogP contribution in [-0.2, 0) is 0 Å². The van der Waals surface area contributed by atoms with Gasteiger partial charge in [0.25, 0.3) is 0 Å². The van der Waals surface area contributed by atoms with E-state index in [1.807, 2.05) is 0 Å². The van der Waals surface area contributed by atoms with Crippen molar-refractivity contribution in [2.24, 2.45) is 0 Å². The van der Waals surface area contributed by atoms with Crippen LogP contribution in [-0.4, -0.2) is 21.8 Å². The van der Waals surface area contributed by atoms with Gasteiger partial charge in [-0.15, -0.1) is 0 Å². The summed E-state index contributed by atoms with van der Waals surface area (Å²) in [4.78, 5) is 0. The summed E-state index contributed by atoms with van der Waals surface area (Å²) in [5, 5.41) is 12.8. The molecule has 3 heterocycles. The number of para-hydroxylation sites is 3. The van der Waals surface area contributed by atoms with Crippen molar-refractivity contribution in [2.45, 2.75) is 0 Å². The van der Waals surface area contributed by atoms with Gasteiger partial charge in [0.15, 0.2) is 8.07 Å². The number of hydrogen-bond donors (Lipinski definition) is 0. The Hall–Kier alpha value is -8.96. The van der Waals surface area contributed by atoms with Gasteiger partial charge in [0.05, 0.1) is 33.1 Å². The molecule has 11 aromatic carbocycles. The fourth-order valence-electron chi connectivity index (χ4n) is 11.9. The number of nitrogens with zero attached hydrogens (tertiary/aromatic N) is 3. The van der Waals surface area contributed by atoms with Gasteiger partial charge in [-0.3, -0.25) is 0 Å². The lowest BCUT2D eigenvalue weighted by Crippen LogP contribution is -2.74. The van der Waals surface area contributed by atoms with Gasteiger partial charge in [-0.25, -0.2) is 0 Å². The van der Waals surface area contributed by atoms with Gasteiger partial charge in [-0.05, 0) is 105 Å². The minimum absolute atomic E-state index is 1.13. The first-order valence-corrected chi connectivity index (χ1v) is 26.2. The monoisotopic (exact) mass is 907 g/mol. The maximum Gasteiger partial charge on any atom is 0.179 e. The second kappa shape index (κ2) is 16.1. The molecular formula is C66H45N3Si. The molecule has 14 rings (SSSR count). The quantitative estimate of drug-likeness (QED) is 0.107. The summed E-state index contributed by atoms with van der Waals surface area (Å²) < 4.78 is 7.40. The zero-order chi connectivity index (χ0) is 46.2. The Bertz CT molecular complexity index is 4130. The van der Waals surface area contributed by atoms with Gasteiger partial charge < -0.3 is 13.7 Å².